The van der Waals surface area contributed by atoms with E-state index in [4.69, 9.17) is 16.3 Å². The van der Waals surface area contributed by atoms with Crippen molar-refractivity contribution in [1.82, 2.24) is 14.4 Å². The highest BCUT2D eigenvalue weighted by atomic mass is 35.5. The third kappa shape index (κ3) is 3.25. The molecule has 3 heterocycles. The van der Waals surface area contributed by atoms with Crippen molar-refractivity contribution in [3.8, 4) is 0 Å². The molecule has 0 aliphatic rings. The number of nitrogens with zero attached hydrogens (tertiary/aromatic N) is 2. The Morgan fingerprint density at radius 1 is 1.31 bits per heavy atom. The van der Waals surface area contributed by atoms with E-state index in [-0.39, 0.29) is 23.6 Å². The number of halogens is 1. The molecule has 0 spiro atoms. The van der Waals surface area contributed by atoms with Crippen molar-refractivity contribution in [2.24, 2.45) is 0 Å². The first-order valence-corrected chi connectivity index (χ1v) is 8.21. The Hall–Kier alpha value is -2.93. The van der Waals surface area contributed by atoms with Crippen molar-refractivity contribution >= 4 is 29.0 Å². The first-order chi connectivity index (χ1) is 12.3. The Kier molecular flexibility index (Phi) is 4.65. The quantitative estimate of drug-likeness (QED) is 0.560. The van der Waals surface area contributed by atoms with Crippen LogP contribution in [0.1, 0.15) is 44.7 Å². The number of H-pyrrole nitrogens is 1. The van der Waals surface area contributed by atoms with Gasteiger partial charge in [0.1, 0.15) is 17.9 Å². The fourth-order valence-electron chi connectivity index (χ4n) is 2.89. The van der Waals surface area contributed by atoms with Gasteiger partial charge in [-0.2, -0.15) is 0 Å². The minimum absolute atomic E-state index is 0.127. The Labute approximate surface area is 153 Å². The van der Waals surface area contributed by atoms with Crippen LogP contribution in [0.3, 0.4) is 0 Å². The fraction of sp³-hybridized carbons (Fsp3) is 0.222. The number of fused-ring (bicyclic) bond motifs is 1. The van der Waals surface area contributed by atoms with Crippen molar-refractivity contribution in [2.45, 2.75) is 27.4 Å². The lowest BCUT2D eigenvalue weighted by molar-refractivity contribution is 0.0460. The second-order valence-electron chi connectivity index (χ2n) is 5.92. The molecule has 0 aliphatic heterocycles. The number of pyridine rings is 1. The van der Waals surface area contributed by atoms with Crippen molar-refractivity contribution in [2.75, 3.05) is 0 Å². The zero-order valence-corrected chi connectivity index (χ0v) is 15.2. The molecular formula is C18H16ClN3O4. The van der Waals surface area contributed by atoms with Crippen LogP contribution in [0, 0.1) is 13.8 Å². The van der Waals surface area contributed by atoms with E-state index in [2.05, 4.69) is 9.97 Å². The molecule has 0 unspecified atom stereocenters. The normalized spacial score (nSPS) is 10.9. The van der Waals surface area contributed by atoms with Gasteiger partial charge in [-0.25, -0.2) is 9.78 Å². The van der Waals surface area contributed by atoms with E-state index in [1.807, 2.05) is 0 Å². The summed E-state index contributed by atoms with van der Waals surface area (Å²) in [6, 6.07) is 4.50. The van der Waals surface area contributed by atoms with Gasteiger partial charge in [0.2, 0.25) is 0 Å². The lowest BCUT2D eigenvalue weighted by Crippen LogP contribution is -2.17. The third-order valence-corrected chi connectivity index (χ3v) is 4.24. The maximum Gasteiger partial charge on any atom is 0.355 e. The van der Waals surface area contributed by atoms with E-state index in [1.54, 1.807) is 26.0 Å². The molecule has 0 atom stereocenters. The summed E-state index contributed by atoms with van der Waals surface area (Å²) in [7, 11) is 0. The molecule has 0 aliphatic carbocycles. The number of rotatable bonds is 4. The summed E-state index contributed by atoms with van der Waals surface area (Å²) in [6.07, 6.45) is 1.47. The molecule has 7 nitrogen and oxygen atoms in total. The molecule has 0 fully saturated rings. The molecule has 3 rings (SSSR count). The number of ketones is 1. The predicted octanol–water partition coefficient (Wildman–Crippen LogP) is 2.85. The standard InChI is InChI=1S/C18H16ClN3O4/c1-9-16(11(3)23)10(2)20-17(9)18(25)26-8-13-6-15(24)22-7-12(19)4-5-14(22)21-13/h4-7,20H,8H2,1-3H3. The molecule has 0 aromatic carbocycles. The zero-order valence-electron chi connectivity index (χ0n) is 14.4. The summed E-state index contributed by atoms with van der Waals surface area (Å²) in [4.78, 5) is 43.3. The molecule has 1 N–H and O–H groups in total. The van der Waals surface area contributed by atoms with Crippen LogP contribution in [0.5, 0.6) is 0 Å². The van der Waals surface area contributed by atoms with E-state index >= 15 is 0 Å². The molecule has 134 valence electrons. The minimum Gasteiger partial charge on any atom is -0.454 e. The molecule has 0 radical (unpaired) electrons. The van der Waals surface area contributed by atoms with Crippen LogP contribution in [0.15, 0.2) is 29.2 Å². The summed E-state index contributed by atoms with van der Waals surface area (Å²) in [5.74, 6) is -0.741. The molecule has 0 bridgehead atoms. The molecule has 0 amide bonds. The average molecular weight is 374 g/mol. The number of aromatic nitrogens is 3. The Morgan fingerprint density at radius 2 is 2.04 bits per heavy atom. The van der Waals surface area contributed by atoms with Crippen LogP contribution in [0.4, 0.5) is 0 Å². The third-order valence-electron chi connectivity index (χ3n) is 4.02. The maximum absolute atomic E-state index is 12.3. The topological polar surface area (TPSA) is 93.5 Å². The Morgan fingerprint density at radius 3 is 2.69 bits per heavy atom. The van der Waals surface area contributed by atoms with E-state index in [9.17, 15) is 14.4 Å². The van der Waals surface area contributed by atoms with Gasteiger partial charge in [-0.15, -0.1) is 0 Å². The van der Waals surface area contributed by atoms with E-state index in [0.717, 1.165) is 0 Å². The van der Waals surface area contributed by atoms with Gasteiger partial charge >= 0.3 is 5.97 Å². The van der Waals surface area contributed by atoms with Crippen molar-refractivity contribution in [3.05, 3.63) is 68.0 Å². The number of aromatic amines is 1. The fourth-order valence-corrected chi connectivity index (χ4v) is 3.05. The summed E-state index contributed by atoms with van der Waals surface area (Å²) in [5, 5.41) is 0.416. The molecule has 3 aromatic heterocycles. The van der Waals surface area contributed by atoms with Gasteiger partial charge in [-0.3, -0.25) is 14.0 Å². The summed E-state index contributed by atoms with van der Waals surface area (Å²) in [6.45, 7) is 4.68. The number of aryl methyl sites for hydroxylation is 1. The van der Waals surface area contributed by atoms with Crippen LogP contribution < -0.4 is 5.56 Å². The maximum atomic E-state index is 12.3. The van der Waals surface area contributed by atoms with Gasteiger partial charge in [0.05, 0.1) is 10.7 Å². The summed E-state index contributed by atoms with van der Waals surface area (Å²) < 4.78 is 6.56. The number of hydrogen-bond donors (Lipinski definition) is 1. The van der Waals surface area contributed by atoms with Crippen LogP contribution in [-0.4, -0.2) is 26.1 Å². The SMILES string of the molecule is CC(=O)c1c(C)[nH]c(C(=O)OCc2cc(=O)n3cc(Cl)ccc3n2)c1C. The van der Waals surface area contributed by atoms with Crippen LogP contribution in [0.2, 0.25) is 5.02 Å². The highest BCUT2D eigenvalue weighted by molar-refractivity contribution is 6.30. The number of carbonyl (C=O) groups is 2. The van der Waals surface area contributed by atoms with Crippen LogP contribution >= 0.6 is 11.6 Å². The second kappa shape index (κ2) is 6.76. The van der Waals surface area contributed by atoms with Gasteiger partial charge in [0, 0.05) is 23.5 Å². The zero-order chi connectivity index (χ0) is 19.0. The highest BCUT2D eigenvalue weighted by Crippen LogP contribution is 2.19. The molecule has 8 heteroatoms. The van der Waals surface area contributed by atoms with E-state index in [1.165, 1.54) is 23.6 Å². The largest absolute Gasteiger partial charge is 0.454 e. The molecule has 3 aromatic rings. The van der Waals surface area contributed by atoms with Crippen molar-refractivity contribution in [1.29, 1.82) is 0 Å². The molecular weight excluding hydrogens is 358 g/mol. The van der Waals surface area contributed by atoms with Gasteiger partial charge in [-0.1, -0.05) is 11.6 Å². The number of nitrogens with one attached hydrogen (secondary N) is 1. The predicted molar refractivity (Wildman–Crippen MR) is 95.9 cm³/mol. The second-order valence-corrected chi connectivity index (χ2v) is 6.35. The lowest BCUT2D eigenvalue weighted by atomic mass is 10.1. The minimum atomic E-state index is -0.615. The van der Waals surface area contributed by atoms with Crippen molar-refractivity contribution < 1.29 is 14.3 Å². The number of carbonyl (C=O) groups excluding carboxylic acids is 2. The number of esters is 1. The van der Waals surface area contributed by atoms with Crippen molar-refractivity contribution in [3.63, 3.8) is 0 Å². The molecule has 0 saturated carbocycles. The summed E-state index contributed by atoms with van der Waals surface area (Å²) >= 11 is 5.87. The monoisotopic (exact) mass is 373 g/mol. The molecule has 0 saturated heterocycles. The number of Topliss-reactive ketones (excluding diaryl/α,β-unsaturated/α-hetero) is 1. The van der Waals surface area contributed by atoms with Gasteiger partial charge in [0.15, 0.2) is 5.78 Å². The van der Waals surface area contributed by atoms with Gasteiger partial charge in [0.25, 0.3) is 5.56 Å². The smallest absolute Gasteiger partial charge is 0.355 e. The van der Waals surface area contributed by atoms with E-state index < -0.39 is 5.97 Å². The first-order valence-electron chi connectivity index (χ1n) is 7.83. The Bertz CT molecular complexity index is 1100. The Balaban J connectivity index is 1.83. The van der Waals surface area contributed by atoms with Gasteiger partial charge in [-0.05, 0) is 38.5 Å². The molecule has 26 heavy (non-hydrogen) atoms. The summed E-state index contributed by atoms with van der Waals surface area (Å²) in [5.41, 5.74) is 2.25. The highest BCUT2D eigenvalue weighted by Gasteiger charge is 2.21. The number of hydrogen-bond acceptors (Lipinski definition) is 5. The van der Waals surface area contributed by atoms with Crippen LogP contribution in [-0.2, 0) is 11.3 Å². The average Bonchev–Trinajstić information content (AvgIpc) is 2.88. The van der Waals surface area contributed by atoms with Gasteiger partial charge < -0.3 is 9.72 Å². The number of ether oxygens (including phenoxy) is 1. The van der Waals surface area contributed by atoms with Crippen LogP contribution in [0.25, 0.3) is 5.65 Å². The lowest BCUT2D eigenvalue weighted by Gasteiger charge is -2.06. The van der Waals surface area contributed by atoms with E-state index in [0.29, 0.717) is 33.2 Å². The first kappa shape index (κ1) is 17.9.